The summed E-state index contributed by atoms with van der Waals surface area (Å²) in [6.45, 7) is 3.24. The molecule has 47 heavy (non-hydrogen) atoms. The molecule has 2 aliphatic heterocycles. The third-order valence-electron chi connectivity index (χ3n) is 9.04. The molecule has 0 aromatic heterocycles. The van der Waals surface area contributed by atoms with Crippen LogP contribution in [0.2, 0.25) is 0 Å². The second-order valence-electron chi connectivity index (χ2n) is 11.8. The molecule has 4 aliphatic rings. The molecule has 1 fully saturated rings. The molecule has 12 nitrogen and oxygen atoms in total. The Hall–Kier alpha value is -4.63. The average molecular weight is 664 g/mol. The summed E-state index contributed by atoms with van der Waals surface area (Å²) in [5, 5.41) is 30.0. The highest BCUT2D eigenvalue weighted by Gasteiger charge is 2.72. The number of phenols is 1. The summed E-state index contributed by atoms with van der Waals surface area (Å²) < 4.78 is 54.3. The van der Waals surface area contributed by atoms with Crippen LogP contribution in [0.5, 0.6) is 11.5 Å². The van der Waals surface area contributed by atoms with Crippen LogP contribution in [0, 0.1) is 0 Å². The van der Waals surface area contributed by atoms with Crippen molar-refractivity contribution in [1.29, 1.82) is 0 Å². The molecule has 1 saturated heterocycles. The molecule has 1 unspecified atom stereocenters. The summed E-state index contributed by atoms with van der Waals surface area (Å²) in [7, 11) is 1.99. The number of hydrogen-bond acceptors (Lipinski definition) is 11. The van der Waals surface area contributed by atoms with E-state index in [1.807, 2.05) is 13.1 Å². The summed E-state index contributed by atoms with van der Waals surface area (Å²) in [5.41, 5.74) is 0.0569. The van der Waals surface area contributed by atoms with Crippen LogP contribution < -0.4 is 4.74 Å². The monoisotopic (exact) mass is 663 g/mol. The quantitative estimate of drug-likeness (QED) is 0.306. The van der Waals surface area contributed by atoms with Gasteiger partial charge in [0.1, 0.15) is 5.76 Å². The van der Waals surface area contributed by atoms with E-state index in [-0.39, 0.29) is 24.0 Å². The number of phenolic OH excluding ortho intramolecular Hbond substituents is 1. The highest BCUT2D eigenvalue weighted by Crippen LogP contribution is 2.65. The zero-order valence-corrected chi connectivity index (χ0v) is 25.4. The van der Waals surface area contributed by atoms with Gasteiger partial charge in [0.05, 0.1) is 11.0 Å². The molecule has 0 amide bonds. The van der Waals surface area contributed by atoms with Crippen LogP contribution >= 0.6 is 0 Å². The number of likely N-dealkylation sites (N-methyl/N-ethyl adjacent to an activating group) is 1. The van der Waals surface area contributed by atoms with Gasteiger partial charge in [-0.15, -0.1) is 0 Å². The van der Waals surface area contributed by atoms with Crippen LogP contribution in [0.25, 0.3) is 0 Å². The van der Waals surface area contributed by atoms with Crippen molar-refractivity contribution in [2.45, 2.75) is 74.7 Å². The molecule has 2 aromatic rings. The fourth-order valence-electron chi connectivity index (χ4n) is 6.97. The number of aliphatic carboxylic acids is 1. The first-order valence-corrected chi connectivity index (χ1v) is 14.6. The molecule has 1 spiro atoms. The van der Waals surface area contributed by atoms with Gasteiger partial charge in [0.2, 0.25) is 6.10 Å². The molecular formula is C32H32F3NO11. The minimum Gasteiger partial charge on any atom is -0.504 e. The van der Waals surface area contributed by atoms with Crippen LogP contribution in [0.1, 0.15) is 49.5 Å². The molecule has 2 heterocycles. The summed E-state index contributed by atoms with van der Waals surface area (Å²) >= 11 is 0. The number of ether oxygens (including phenoxy) is 4. The van der Waals surface area contributed by atoms with Crippen LogP contribution in [-0.2, 0) is 45.2 Å². The van der Waals surface area contributed by atoms with Gasteiger partial charge in [0, 0.05) is 30.5 Å². The third kappa shape index (κ3) is 5.78. The number of esters is 3. The second kappa shape index (κ2) is 12.2. The summed E-state index contributed by atoms with van der Waals surface area (Å²) in [4.78, 5) is 48.8. The van der Waals surface area contributed by atoms with Gasteiger partial charge < -0.3 is 39.2 Å². The lowest BCUT2D eigenvalue weighted by molar-refractivity contribution is -0.192. The SMILES string of the molecule is CC(=O)O[C@H](C(=O)OC(C)C(=O)OC1=CC[C@@]2(O)[C@H]3Cc4ccc(O)c5c4[C@@]2(CCN3C)[C@H]1O5)c1ccccc1.O=C(O)C(F)(F)F. The van der Waals surface area contributed by atoms with Crippen molar-refractivity contribution in [3.63, 3.8) is 0 Å². The maximum absolute atomic E-state index is 13.2. The van der Waals surface area contributed by atoms with E-state index in [0.717, 1.165) is 11.1 Å². The fourth-order valence-corrected chi connectivity index (χ4v) is 6.97. The smallest absolute Gasteiger partial charge is 0.490 e. The van der Waals surface area contributed by atoms with Crippen molar-refractivity contribution in [2.24, 2.45) is 0 Å². The van der Waals surface area contributed by atoms with Gasteiger partial charge in [-0.3, -0.25) is 4.79 Å². The maximum Gasteiger partial charge on any atom is 0.490 e. The van der Waals surface area contributed by atoms with Crippen LogP contribution in [-0.4, -0.2) is 87.7 Å². The number of alkyl halides is 3. The van der Waals surface area contributed by atoms with E-state index in [4.69, 9.17) is 28.8 Å². The van der Waals surface area contributed by atoms with Crippen molar-refractivity contribution < 1.29 is 66.6 Å². The minimum atomic E-state index is -5.08. The number of carboxylic acid groups (broad SMARTS) is 1. The number of piperidine rings is 1. The predicted octanol–water partition coefficient (Wildman–Crippen LogP) is 3.08. The van der Waals surface area contributed by atoms with Crippen molar-refractivity contribution in [1.82, 2.24) is 4.90 Å². The minimum absolute atomic E-state index is 0.0346. The number of carbonyl (C=O) groups excluding carboxylic acids is 3. The average Bonchev–Trinajstić information content (AvgIpc) is 3.37. The zero-order chi connectivity index (χ0) is 34.5. The molecule has 3 N–H and O–H groups in total. The van der Waals surface area contributed by atoms with Crippen LogP contribution in [0.4, 0.5) is 13.2 Å². The Kier molecular flexibility index (Phi) is 8.75. The van der Waals surface area contributed by atoms with Gasteiger partial charge in [-0.2, -0.15) is 13.2 Å². The van der Waals surface area contributed by atoms with E-state index in [0.29, 0.717) is 30.7 Å². The lowest BCUT2D eigenvalue weighted by atomic mass is 9.50. The number of aromatic hydroxyl groups is 1. The lowest BCUT2D eigenvalue weighted by Gasteiger charge is -2.61. The van der Waals surface area contributed by atoms with E-state index in [2.05, 4.69) is 4.90 Å². The molecule has 2 aromatic carbocycles. The highest BCUT2D eigenvalue weighted by atomic mass is 19.4. The third-order valence-corrected chi connectivity index (χ3v) is 9.04. The molecule has 2 bridgehead atoms. The van der Waals surface area contributed by atoms with Gasteiger partial charge in [0.25, 0.3) is 0 Å². The van der Waals surface area contributed by atoms with E-state index in [1.165, 1.54) is 13.8 Å². The Bertz CT molecular complexity index is 1630. The number of halogens is 3. The second-order valence-corrected chi connectivity index (χ2v) is 11.8. The summed E-state index contributed by atoms with van der Waals surface area (Å²) in [5.74, 6) is -4.73. The van der Waals surface area contributed by atoms with E-state index in [9.17, 15) is 37.8 Å². The van der Waals surface area contributed by atoms with Crippen molar-refractivity contribution in [3.8, 4) is 11.5 Å². The Morgan fingerprint density at radius 2 is 1.72 bits per heavy atom. The molecule has 0 saturated carbocycles. The topological polar surface area (TPSA) is 169 Å². The molecule has 252 valence electrons. The number of hydrogen-bond donors (Lipinski definition) is 3. The molecule has 6 rings (SSSR count). The lowest BCUT2D eigenvalue weighted by Crippen LogP contribution is -2.74. The maximum atomic E-state index is 13.2. The molecular weight excluding hydrogens is 631 g/mol. The number of benzene rings is 2. The van der Waals surface area contributed by atoms with Crippen molar-refractivity contribution in [2.75, 3.05) is 13.6 Å². The Morgan fingerprint density at radius 3 is 2.34 bits per heavy atom. The first-order valence-electron chi connectivity index (χ1n) is 14.6. The van der Waals surface area contributed by atoms with E-state index < -0.39 is 59.4 Å². The highest BCUT2D eigenvalue weighted by molar-refractivity contribution is 5.84. The summed E-state index contributed by atoms with van der Waals surface area (Å²) in [6, 6.07) is 11.6. The standard InChI is InChI=1S/C30H31NO9.C2HF3O2/c1-16(37-28(35)24(38-17(2)32)18-7-5-4-6-8-18)27(34)39-21-11-12-30(36)22-15-19-9-10-20(33)25-23(19)29(30,26(21)40-25)13-14-31(22)3;3-2(4,5)1(6)7/h4-11,16,22,24,26,33,36H,12-15H2,1-3H3;(H,6,7)/t16?,22-,24+,26+,29+,30-;/m1./s1. The number of likely N-dealkylation sites (tertiary alicyclic amines) is 1. The largest absolute Gasteiger partial charge is 0.504 e. The molecule has 0 radical (unpaired) electrons. The number of aliphatic hydroxyl groups is 1. The van der Waals surface area contributed by atoms with Gasteiger partial charge in [-0.25, -0.2) is 14.4 Å². The first-order chi connectivity index (χ1) is 22.0. The van der Waals surface area contributed by atoms with Gasteiger partial charge in [-0.05, 0) is 51.1 Å². The zero-order valence-electron chi connectivity index (χ0n) is 25.4. The number of rotatable bonds is 6. The summed E-state index contributed by atoms with van der Waals surface area (Å²) in [6.07, 6.45) is -5.60. The predicted molar refractivity (Wildman–Crippen MR) is 153 cm³/mol. The first kappa shape index (κ1) is 33.7. The van der Waals surface area contributed by atoms with Gasteiger partial charge >= 0.3 is 30.1 Å². The van der Waals surface area contributed by atoms with E-state index >= 15 is 0 Å². The normalized spacial score (nSPS) is 26.6. The number of nitrogens with zero attached hydrogens (tertiary/aromatic N) is 1. The van der Waals surface area contributed by atoms with Gasteiger partial charge in [-0.1, -0.05) is 36.4 Å². The van der Waals surface area contributed by atoms with Crippen LogP contribution in [0.15, 0.2) is 54.3 Å². The Morgan fingerprint density at radius 1 is 1.06 bits per heavy atom. The fraction of sp³-hybridized carbons (Fsp3) is 0.438. The molecule has 2 aliphatic carbocycles. The van der Waals surface area contributed by atoms with Crippen molar-refractivity contribution in [3.05, 3.63) is 71.0 Å². The van der Waals surface area contributed by atoms with Gasteiger partial charge in [0.15, 0.2) is 23.7 Å². The Balaban J connectivity index is 0.000000559. The number of carboxylic acids is 1. The molecule has 6 atom stereocenters. The Labute approximate surface area is 266 Å². The number of carbonyl (C=O) groups is 4. The van der Waals surface area contributed by atoms with E-state index in [1.54, 1.807) is 42.5 Å². The van der Waals surface area contributed by atoms with Crippen LogP contribution in [0.3, 0.4) is 0 Å². The molecule has 15 heteroatoms. The van der Waals surface area contributed by atoms with Crippen molar-refractivity contribution >= 4 is 23.9 Å².